The van der Waals surface area contributed by atoms with E-state index >= 15 is 0 Å². The summed E-state index contributed by atoms with van der Waals surface area (Å²) in [5, 5.41) is 2.08. The second kappa shape index (κ2) is 8.39. The molecular weight excluding hydrogens is 360 g/mol. The van der Waals surface area contributed by atoms with E-state index in [-0.39, 0.29) is 24.4 Å². The van der Waals surface area contributed by atoms with Gasteiger partial charge in [-0.05, 0) is 41.1 Å². The van der Waals surface area contributed by atoms with E-state index in [9.17, 15) is 9.59 Å². The van der Waals surface area contributed by atoms with Crippen LogP contribution in [0, 0.1) is 0 Å². The summed E-state index contributed by atoms with van der Waals surface area (Å²) in [4.78, 5) is 29.6. The minimum Gasteiger partial charge on any atom is -0.497 e. The molecule has 2 heterocycles. The van der Waals surface area contributed by atoms with Gasteiger partial charge in [-0.1, -0.05) is 18.2 Å². The zero-order valence-electron chi connectivity index (χ0n) is 15.7. The lowest BCUT2D eigenvalue weighted by molar-refractivity contribution is -0.140. The van der Waals surface area contributed by atoms with Crippen molar-refractivity contribution in [3.05, 3.63) is 64.4 Å². The van der Waals surface area contributed by atoms with Crippen molar-refractivity contribution in [2.45, 2.75) is 19.4 Å². The average molecular weight is 385 g/mol. The molecule has 0 fully saturated rings. The Hall–Kier alpha value is -2.60. The molecule has 3 rings (SSSR count). The van der Waals surface area contributed by atoms with Gasteiger partial charge in [0.1, 0.15) is 12.3 Å². The molecule has 27 heavy (non-hydrogen) atoms. The molecule has 0 bridgehead atoms. The predicted octanol–water partition coefficient (Wildman–Crippen LogP) is 3.27. The predicted molar refractivity (Wildman–Crippen MR) is 107 cm³/mol. The summed E-state index contributed by atoms with van der Waals surface area (Å²) in [6, 6.07) is 9.79. The van der Waals surface area contributed by atoms with E-state index in [1.807, 2.05) is 29.2 Å². The van der Waals surface area contributed by atoms with Crippen LogP contribution in [-0.4, -0.2) is 48.4 Å². The molecule has 2 aromatic rings. The lowest BCUT2D eigenvalue weighted by atomic mass is 9.93. The second-order valence-electron chi connectivity index (χ2n) is 6.50. The first-order valence-electron chi connectivity index (χ1n) is 8.91. The van der Waals surface area contributed by atoms with Crippen LogP contribution in [0.3, 0.4) is 0 Å². The summed E-state index contributed by atoms with van der Waals surface area (Å²) in [6.07, 6.45) is 2.48. The number of nitrogens with zero attached hydrogens (tertiary/aromatic N) is 2. The lowest BCUT2D eigenvalue weighted by Gasteiger charge is -2.37. The first-order valence-corrected chi connectivity index (χ1v) is 9.79. The van der Waals surface area contributed by atoms with Gasteiger partial charge in [0.15, 0.2) is 0 Å². The van der Waals surface area contributed by atoms with Crippen molar-refractivity contribution in [1.29, 1.82) is 0 Å². The SMILES string of the molecule is C=CCN(CC(=O)N1CCc2sccc2[C@H]1c1ccc(OC)cc1)C(C)=O. The highest BCUT2D eigenvalue weighted by Gasteiger charge is 2.33. The number of hydrogen-bond acceptors (Lipinski definition) is 4. The number of ether oxygens (including phenoxy) is 1. The van der Waals surface area contributed by atoms with Crippen LogP contribution in [0.2, 0.25) is 0 Å². The summed E-state index contributed by atoms with van der Waals surface area (Å²) >= 11 is 1.73. The highest BCUT2D eigenvalue weighted by Crippen LogP contribution is 2.38. The van der Waals surface area contributed by atoms with Crippen LogP contribution in [-0.2, 0) is 16.0 Å². The Morgan fingerprint density at radius 2 is 2.07 bits per heavy atom. The number of benzene rings is 1. The van der Waals surface area contributed by atoms with E-state index < -0.39 is 0 Å². The van der Waals surface area contributed by atoms with E-state index in [2.05, 4.69) is 18.0 Å². The zero-order valence-corrected chi connectivity index (χ0v) is 16.5. The van der Waals surface area contributed by atoms with Crippen LogP contribution < -0.4 is 4.74 Å². The molecule has 0 radical (unpaired) electrons. The Balaban J connectivity index is 1.91. The minimum atomic E-state index is -0.143. The molecule has 0 saturated carbocycles. The molecule has 0 saturated heterocycles. The summed E-state index contributed by atoms with van der Waals surface area (Å²) in [7, 11) is 1.64. The lowest BCUT2D eigenvalue weighted by Crippen LogP contribution is -2.46. The molecule has 1 aromatic carbocycles. The van der Waals surface area contributed by atoms with Crippen LogP contribution in [0.5, 0.6) is 5.75 Å². The van der Waals surface area contributed by atoms with Crippen LogP contribution in [0.25, 0.3) is 0 Å². The van der Waals surface area contributed by atoms with Crippen LogP contribution in [0.15, 0.2) is 48.4 Å². The van der Waals surface area contributed by atoms with Gasteiger partial charge in [0, 0.05) is 24.9 Å². The van der Waals surface area contributed by atoms with Crippen molar-refractivity contribution in [2.24, 2.45) is 0 Å². The number of hydrogen-bond donors (Lipinski definition) is 0. The molecule has 0 aliphatic carbocycles. The summed E-state index contributed by atoms with van der Waals surface area (Å²) in [5.41, 5.74) is 2.21. The first-order chi connectivity index (χ1) is 13.0. The van der Waals surface area contributed by atoms with Gasteiger partial charge in [0.05, 0.1) is 13.2 Å². The third kappa shape index (κ3) is 4.06. The molecule has 1 aliphatic rings. The molecule has 0 N–H and O–H groups in total. The first kappa shape index (κ1) is 19.2. The van der Waals surface area contributed by atoms with Gasteiger partial charge in [-0.3, -0.25) is 9.59 Å². The molecule has 0 unspecified atom stereocenters. The highest BCUT2D eigenvalue weighted by atomic mass is 32.1. The van der Waals surface area contributed by atoms with Gasteiger partial charge >= 0.3 is 0 Å². The van der Waals surface area contributed by atoms with Gasteiger partial charge in [-0.25, -0.2) is 0 Å². The molecule has 1 atom stereocenters. The van der Waals surface area contributed by atoms with E-state index in [0.717, 1.165) is 17.7 Å². The normalized spacial score (nSPS) is 15.8. The summed E-state index contributed by atoms with van der Waals surface area (Å²) in [6.45, 7) is 6.22. The van der Waals surface area contributed by atoms with Gasteiger partial charge in [0.2, 0.25) is 11.8 Å². The Morgan fingerprint density at radius 3 is 2.70 bits per heavy atom. The van der Waals surface area contributed by atoms with Gasteiger partial charge < -0.3 is 14.5 Å². The number of amides is 2. The maximum Gasteiger partial charge on any atom is 0.243 e. The van der Waals surface area contributed by atoms with Crippen molar-refractivity contribution in [3.63, 3.8) is 0 Å². The fraction of sp³-hybridized carbons (Fsp3) is 0.333. The topological polar surface area (TPSA) is 49.9 Å². The fourth-order valence-electron chi connectivity index (χ4n) is 3.45. The molecular formula is C21H24N2O3S. The number of fused-ring (bicyclic) bond motifs is 1. The monoisotopic (exact) mass is 384 g/mol. The third-order valence-electron chi connectivity index (χ3n) is 4.84. The van der Waals surface area contributed by atoms with Crippen molar-refractivity contribution in [1.82, 2.24) is 9.80 Å². The standard InChI is InChI=1S/C21H24N2O3S/c1-4-11-22(15(2)24)14-20(25)23-12-9-19-18(10-13-27-19)21(23)16-5-7-17(26-3)8-6-16/h4-8,10,13,21H,1,9,11-12,14H2,2-3H3/t21-/m1/s1. The number of carbonyl (C=O) groups is 2. The summed E-state index contributed by atoms with van der Waals surface area (Å²) in [5.74, 6) is 0.605. The summed E-state index contributed by atoms with van der Waals surface area (Å²) < 4.78 is 5.26. The Kier molecular flexibility index (Phi) is 5.96. The van der Waals surface area contributed by atoms with E-state index in [0.29, 0.717) is 13.1 Å². The molecule has 142 valence electrons. The number of rotatable bonds is 6. The van der Waals surface area contributed by atoms with E-state index in [4.69, 9.17) is 4.74 Å². The van der Waals surface area contributed by atoms with Gasteiger partial charge in [0.25, 0.3) is 0 Å². The maximum atomic E-state index is 13.1. The number of methoxy groups -OCH3 is 1. The quantitative estimate of drug-likeness (QED) is 0.719. The van der Waals surface area contributed by atoms with Crippen molar-refractivity contribution in [2.75, 3.05) is 26.7 Å². The second-order valence-corrected chi connectivity index (χ2v) is 7.50. The Labute approximate surface area is 163 Å². The number of thiophene rings is 1. The van der Waals surface area contributed by atoms with Crippen LogP contribution >= 0.6 is 11.3 Å². The fourth-order valence-corrected chi connectivity index (χ4v) is 4.35. The zero-order chi connectivity index (χ0) is 19.4. The van der Waals surface area contributed by atoms with E-state index in [1.165, 1.54) is 22.3 Å². The molecule has 2 amide bonds. The molecule has 1 aliphatic heterocycles. The Morgan fingerprint density at radius 1 is 1.33 bits per heavy atom. The third-order valence-corrected chi connectivity index (χ3v) is 5.84. The molecule has 1 aromatic heterocycles. The molecule has 5 nitrogen and oxygen atoms in total. The Bertz CT molecular complexity index is 828. The van der Waals surface area contributed by atoms with Crippen molar-refractivity contribution >= 4 is 23.2 Å². The van der Waals surface area contributed by atoms with Gasteiger partial charge in [-0.2, -0.15) is 0 Å². The average Bonchev–Trinajstić information content (AvgIpc) is 3.15. The molecule has 0 spiro atoms. The highest BCUT2D eigenvalue weighted by molar-refractivity contribution is 7.10. The van der Waals surface area contributed by atoms with E-state index in [1.54, 1.807) is 24.5 Å². The van der Waals surface area contributed by atoms with Crippen molar-refractivity contribution < 1.29 is 14.3 Å². The smallest absolute Gasteiger partial charge is 0.243 e. The van der Waals surface area contributed by atoms with Gasteiger partial charge in [-0.15, -0.1) is 17.9 Å². The molecule has 6 heteroatoms. The van der Waals surface area contributed by atoms with Crippen LogP contribution in [0.4, 0.5) is 0 Å². The van der Waals surface area contributed by atoms with Crippen molar-refractivity contribution in [3.8, 4) is 5.75 Å². The minimum absolute atomic E-state index is 0.0512. The number of carbonyl (C=O) groups excluding carboxylic acids is 2. The largest absolute Gasteiger partial charge is 0.497 e. The van der Waals surface area contributed by atoms with Crippen LogP contribution in [0.1, 0.15) is 29.0 Å². The maximum absolute atomic E-state index is 13.1.